The molecule has 1 aromatic carbocycles. The van der Waals surface area contributed by atoms with Gasteiger partial charge >= 0.3 is 0 Å². The van der Waals surface area contributed by atoms with Crippen molar-refractivity contribution in [3.05, 3.63) is 35.2 Å². The van der Waals surface area contributed by atoms with Crippen molar-refractivity contribution in [1.29, 1.82) is 0 Å². The highest BCUT2D eigenvalue weighted by molar-refractivity contribution is 7.84. The Labute approximate surface area is 143 Å². The molecule has 1 heterocycles. The van der Waals surface area contributed by atoms with E-state index in [1.165, 1.54) is 12.8 Å². The van der Waals surface area contributed by atoms with Gasteiger partial charge in [-0.15, -0.1) is 5.10 Å². The van der Waals surface area contributed by atoms with Gasteiger partial charge in [-0.2, -0.15) is 4.68 Å². The van der Waals surface area contributed by atoms with E-state index in [4.69, 9.17) is 0 Å². The Balaban J connectivity index is 1.66. The van der Waals surface area contributed by atoms with Gasteiger partial charge in [-0.25, -0.2) is 0 Å². The van der Waals surface area contributed by atoms with E-state index in [9.17, 15) is 9.00 Å². The summed E-state index contributed by atoms with van der Waals surface area (Å²) in [6.07, 6.45) is 2.35. The lowest BCUT2D eigenvalue weighted by Gasteiger charge is -2.10. The van der Waals surface area contributed by atoms with Crippen LogP contribution in [0, 0.1) is 19.8 Å². The maximum Gasteiger partial charge on any atom is 0.232 e. The van der Waals surface area contributed by atoms with Gasteiger partial charge in [0.15, 0.2) is 5.82 Å². The molecule has 24 heavy (non-hydrogen) atoms. The van der Waals surface area contributed by atoms with E-state index in [1.807, 2.05) is 32.0 Å². The first-order chi connectivity index (χ1) is 11.5. The number of aromatic nitrogens is 4. The number of amides is 1. The fraction of sp³-hybridized carbons (Fsp3) is 0.500. The molecule has 0 spiro atoms. The van der Waals surface area contributed by atoms with Crippen molar-refractivity contribution in [3.63, 3.8) is 0 Å². The van der Waals surface area contributed by atoms with Gasteiger partial charge in [-0.05, 0) is 54.2 Å². The second-order valence-electron chi connectivity index (χ2n) is 6.22. The molecule has 8 heteroatoms. The van der Waals surface area contributed by atoms with E-state index < -0.39 is 10.8 Å². The zero-order valence-electron chi connectivity index (χ0n) is 13.9. The summed E-state index contributed by atoms with van der Waals surface area (Å²) in [5.41, 5.74) is 2.97. The number of nitrogens with one attached hydrogen (secondary N) is 1. The molecule has 1 fully saturated rings. The van der Waals surface area contributed by atoms with Gasteiger partial charge in [0.1, 0.15) is 5.75 Å². The van der Waals surface area contributed by atoms with E-state index in [2.05, 4.69) is 20.8 Å². The van der Waals surface area contributed by atoms with Crippen molar-refractivity contribution in [2.24, 2.45) is 5.92 Å². The Morgan fingerprint density at radius 2 is 2.04 bits per heavy atom. The Morgan fingerprint density at radius 3 is 2.71 bits per heavy atom. The molecule has 0 aliphatic heterocycles. The molecule has 1 N–H and O–H groups in total. The predicted octanol–water partition coefficient (Wildman–Crippen LogP) is 1.05. The summed E-state index contributed by atoms with van der Waals surface area (Å²) in [6.45, 7) is 4.66. The SMILES string of the molecule is Cc1cccc(C)c1-n1nnnc1C[S@@](=O)CC(=O)NCC1CC1. The maximum absolute atomic E-state index is 12.3. The molecular formula is C16H21N5O2S. The first-order valence-corrected chi connectivity index (χ1v) is 9.49. The molecule has 0 radical (unpaired) electrons. The Morgan fingerprint density at radius 1 is 1.33 bits per heavy atom. The molecule has 1 aromatic heterocycles. The number of aryl methyl sites for hydroxylation is 2. The molecule has 2 aromatic rings. The standard InChI is InChI=1S/C16H21N5O2S/c1-11-4-3-5-12(2)16(11)21-14(18-19-20-21)9-24(23)10-15(22)17-8-13-6-7-13/h3-5,13H,6-10H2,1-2H3,(H,17,22)/t24-/m1/s1. The average Bonchev–Trinajstić information content (AvgIpc) is 3.25. The average molecular weight is 347 g/mol. The van der Waals surface area contributed by atoms with Crippen LogP contribution in [-0.4, -0.2) is 42.6 Å². The highest BCUT2D eigenvalue weighted by Gasteiger charge is 2.22. The van der Waals surface area contributed by atoms with Gasteiger partial charge in [0, 0.05) is 17.3 Å². The fourth-order valence-electron chi connectivity index (χ4n) is 2.58. The van der Waals surface area contributed by atoms with E-state index in [1.54, 1.807) is 4.68 Å². The number of hydrogen-bond donors (Lipinski definition) is 1. The molecule has 3 rings (SSSR count). The summed E-state index contributed by atoms with van der Waals surface area (Å²) < 4.78 is 13.9. The number of tetrazole rings is 1. The molecule has 0 unspecified atom stereocenters. The maximum atomic E-state index is 12.3. The Bertz CT molecular complexity index is 749. The van der Waals surface area contributed by atoms with Crippen LogP contribution in [0.3, 0.4) is 0 Å². The predicted molar refractivity (Wildman–Crippen MR) is 91.1 cm³/mol. The van der Waals surface area contributed by atoms with E-state index in [0.717, 1.165) is 16.8 Å². The zero-order valence-corrected chi connectivity index (χ0v) is 14.7. The first kappa shape index (κ1) is 16.8. The van der Waals surface area contributed by atoms with Crippen LogP contribution >= 0.6 is 0 Å². The van der Waals surface area contributed by atoms with Gasteiger partial charge in [-0.3, -0.25) is 9.00 Å². The number of para-hydroxylation sites is 1. The fourth-order valence-corrected chi connectivity index (χ4v) is 3.55. The smallest absolute Gasteiger partial charge is 0.232 e. The number of nitrogens with zero attached hydrogens (tertiary/aromatic N) is 4. The molecule has 1 aliphatic rings. The van der Waals surface area contributed by atoms with Gasteiger partial charge in [0.25, 0.3) is 0 Å². The minimum Gasteiger partial charge on any atom is -0.355 e. The number of carbonyl (C=O) groups is 1. The van der Waals surface area contributed by atoms with Crippen LogP contribution in [0.25, 0.3) is 5.69 Å². The zero-order chi connectivity index (χ0) is 17.1. The van der Waals surface area contributed by atoms with Gasteiger partial charge in [0.2, 0.25) is 5.91 Å². The van der Waals surface area contributed by atoms with Crippen molar-refractivity contribution in [2.45, 2.75) is 32.4 Å². The third kappa shape index (κ3) is 4.05. The number of rotatable bonds is 7. The molecule has 1 saturated carbocycles. The summed E-state index contributed by atoms with van der Waals surface area (Å²) in [5.74, 6) is 1.06. The summed E-state index contributed by atoms with van der Waals surface area (Å²) in [5, 5.41) is 14.5. The molecule has 0 bridgehead atoms. The quantitative estimate of drug-likeness (QED) is 0.809. The minimum absolute atomic E-state index is 0.0215. The van der Waals surface area contributed by atoms with Crippen LogP contribution in [0.2, 0.25) is 0 Å². The number of benzene rings is 1. The topological polar surface area (TPSA) is 89.8 Å². The van der Waals surface area contributed by atoms with Gasteiger partial charge in [-0.1, -0.05) is 18.2 Å². The van der Waals surface area contributed by atoms with E-state index in [-0.39, 0.29) is 17.4 Å². The highest BCUT2D eigenvalue weighted by atomic mass is 32.2. The summed E-state index contributed by atoms with van der Waals surface area (Å²) in [6, 6.07) is 5.94. The molecule has 7 nitrogen and oxygen atoms in total. The van der Waals surface area contributed by atoms with Crippen molar-refractivity contribution in [2.75, 3.05) is 12.3 Å². The van der Waals surface area contributed by atoms with Crippen molar-refractivity contribution < 1.29 is 9.00 Å². The van der Waals surface area contributed by atoms with Crippen LogP contribution < -0.4 is 5.32 Å². The summed E-state index contributed by atoms with van der Waals surface area (Å²) >= 11 is 0. The number of carbonyl (C=O) groups excluding carboxylic acids is 1. The Hall–Kier alpha value is -2.09. The molecule has 0 saturated heterocycles. The lowest BCUT2D eigenvalue weighted by Crippen LogP contribution is -2.30. The monoisotopic (exact) mass is 347 g/mol. The molecule has 1 amide bonds. The van der Waals surface area contributed by atoms with E-state index in [0.29, 0.717) is 18.3 Å². The van der Waals surface area contributed by atoms with E-state index >= 15 is 0 Å². The third-order valence-electron chi connectivity index (χ3n) is 4.05. The van der Waals surface area contributed by atoms with Crippen LogP contribution in [0.15, 0.2) is 18.2 Å². The van der Waals surface area contributed by atoms with Gasteiger partial charge < -0.3 is 5.32 Å². The van der Waals surface area contributed by atoms with Crippen molar-refractivity contribution in [1.82, 2.24) is 25.5 Å². The molecule has 128 valence electrons. The first-order valence-electron chi connectivity index (χ1n) is 8.00. The largest absolute Gasteiger partial charge is 0.355 e. The summed E-state index contributed by atoms with van der Waals surface area (Å²) in [4.78, 5) is 11.8. The van der Waals surface area contributed by atoms with Gasteiger partial charge in [0.05, 0.1) is 11.4 Å². The van der Waals surface area contributed by atoms with Crippen LogP contribution in [0.4, 0.5) is 0 Å². The van der Waals surface area contributed by atoms with Crippen LogP contribution in [0.5, 0.6) is 0 Å². The number of hydrogen-bond acceptors (Lipinski definition) is 5. The lowest BCUT2D eigenvalue weighted by atomic mass is 10.1. The molecule has 1 atom stereocenters. The Kier molecular flexibility index (Phi) is 5.03. The van der Waals surface area contributed by atoms with Crippen molar-refractivity contribution >= 4 is 16.7 Å². The second kappa shape index (κ2) is 7.21. The second-order valence-corrected chi connectivity index (χ2v) is 7.68. The lowest BCUT2D eigenvalue weighted by molar-refractivity contribution is -0.118. The molecule has 1 aliphatic carbocycles. The third-order valence-corrected chi connectivity index (χ3v) is 5.22. The highest BCUT2D eigenvalue weighted by Crippen LogP contribution is 2.27. The minimum atomic E-state index is -1.35. The van der Waals surface area contributed by atoms with Crippen LogP contribution in [-0.2, 0) is 21.3 Å². The summed E-state index contributed by atoms with van der Waals surface area (Å²) in [7, 11) is -1.35. The van der Waals surface area contributed by atoms with Crippen LogP contribution in [0.1, 0.15) is 29.8 Å². The normalized spacial score (nSPS) is 15.2. The molecular weight excluding hydrogens is 326 g/mol. The van der Waals surface area contributed by atoms with Crippen molar-refractivity contribution in [3.8, 4) is 5.69 Å².